The van der Waals surface area contributed by atoms with Crippen LogP contribution in [-0.4, -0.2) is 34.9 Å². The molecule has 0 saturated carbocycles. The quantitative estimate of drug-likeness (QED) is 0.929. The van der Waals surface area contributed by atoms with Gasteiger partial charge in [-0.3, -0.25) is 4.79 Å². The molecule has 1 aromatic heterocycles. The molecule has 4 nitrogen and oxygen atoms in total. The molecule has 2 unspecified atom stereocenters. The Bertz CT molecular complexity index is 492. The Morgan fingerprint density at radius 1 is 1.45 bits per heavy atom. The summed E-state index contributed by atoms with van der Waals surface area (Å²) in [7, 11) is 0. The van der Waals surface area contributed by atoms with Crippen LogP contribution in [0.1, 0.15) is 44.1 Å². The van der Waals surface area contributed by atoms with Gasteiger partial charge in [-0.05, 0) is 44.7 Å². The average molecular weight is 296 g/mol. The van der Waals surface area contributed by atoms with E-state index in [1.165, 1.54) is 6.42 Å². The Balaban J connectivity index is 2.25. The van der Waals surface area contributed by atoms with E-state index in [0.717, 1.165) is 19.5 Å². The molecule has 5 heteroatoms. The molecule has 2 atom stereocenters. The number of halogens is 1. The van der Waals surface area contributed by atoms with Crippen molar-refractivity contribution in [2.45, 2.75) is 39.7 Å². The smallest absolute Gasteiger partial charge is 0.274 e. The summed E-state index contributed by atoms with van der Waals surface area (Å²) in [6.45, 7) is 7.80. The second kappa shape index (κ2) is 6.44. The number of piperidine rings is 1. The van der Waals surface area contributed by atoms with Crippen molar-refractivity contribution in [2.24, 2.45) is 5.92 Å². The number of rotatable bonds is 3. The van der Waals surface area contributed by atoms with E-state index in [2.05, 4.69) is 24.1 Å². The molecule has 0 bridgehead atoms. The molecular weight excluding hydrogens is 274 g/mol. The van der Waals surface area contributed by atoms with Crippen molar-refractivity contribution in [2.75, 3.05) is 18.4 Å². The van der Waals surface area contributed by atoms with E-state index in [1.54, 1.807) is 12.1 Å². The molecule has 1 aliphatic heterocycles. The molecule has 2 rings (SSSR count). The molecule has 0 aliphatic carbocycles. The van der Waals surface area contributed by atoms with Crippen LogP contribution in [0.15, 0.2) is 12.1 Å². The normalized spacial score (nSPS) is 22.7. The van der Waals surface area contributed by atoms with Crippen LogP contribution in [-0.2, 0) is 0 Å². The zero-order valence-electron chi connectivity index (χ0n) is 12.3. The fourth-order valence-electron chi connectivity index (χ4n) is 2.58. The minimum atomic E-state index is -0.0613. The first-order valence-corrected chi connectivity index (χ1v) is 7.62. The van der Waals surface area contributed by atoms with Gasteiger partial charge in [0.25, 0.3) is 5.91 Å². The van der Waals surface area contributed by atoms with Gasteiger partial charge in [-0.15, -0.1) is 0 Å². The van der Waals surface area contributed by atoms with Gasteiger partial charge in [0.1, 0.15) is 11.5 Å². The topological polar surface area (TPSA) is 45.2 Å². The summed E-state index contributed by atoms with van der Waals surface area (Å²) in [6.07, 6.45) is 2.21. The lowest BCUT2D eigenvalue weighted by molar-refractivity contribution is 0.0568. The molecule has 1 N–H and O–H groups in total. The summed E-state index contributed by atoms with van der Waals surface area (Å²) >= 11 is 6.16. The van der Waals surface area contributed by atoms with Gasteiger partial charge >= 0.3 is 0 Å². The number of carbonyl (C=O) groups is 1. The van der Waals surface area contributed by atoms with Gasteiger partial charge in [0.2, 0.25) is 0 Å². The average Bonchev–Trinajstić information content (AvgIpc) is 2.43. The zero-order valence-corrected chi connectivity index (χ0v) is 13.1. The van der Waals surface area contributed by atoms with Crippen molar-refractivity contribution in [1.29, 1.82) is 0 Å². The number of hydrogen-bond acceptors (Lipinski definition) is 3. The summed E-state index contributed by atoms with van der Waals surface area (Å²) in [5.41, 5.74) is 0.353. The van der Waals surface area contributed by atoms with E-state index < -0.39 is 0 Å². The molecule has 0 radical (unpaired) electrons. The summed E-state index contributed by atoms with van der Waals surface area (Å²) < 4.78 is 0. The van der Waals surface area contributed by atoms with E-state index in [-0.39, 0.29) is 11.9 Å². The van der Waals surface area contributed by atoms with Crippen molar-refractivity contribution >= 4 is 23.3 Å². The number of hydrogen-bond donors (Lipinski definition) is 1. The van der Waals surface area contributed by atoms with Crippen LogP contribution in [0.5, 0.6) is 0 Å². The molecular formula is C15H22ClN3O. The van der Waals surface area contributed by atoms with Crippen LogP contribution < -0.4 is 5.32 Å². The SMILES string of the molecule is CCNc1ccc(Cl)c(C(=O)N2CC(C)CCC2C)n1. The second-order valence-corrected chi connectivity index (χ2v) is 5.95. The van der Waals surface area contributed by atoms with Crippen LogP contribution in [0.2, 0.25) is 5.02 Å². The number of likely N-dealkylation sites (tertiary alicyclic amines) is 1. The maximum Gasteiger partial charge on any atom is 0.274 e. The van der Waals surface area contributed by atoms with Gasteiger partial charge in [-0.2, -0.15) is 0 Å². The van der Waals surface area contributed by atoms with Gasteiger partial charge in [0.15, 0.2) is 0 Å². The first-order chi connectivity index (χ1) is 9.52. The maximum atomic E-state index is 12.7. The van der Waals surface area contributed by atoms with E-state index in [0.29, 0.717) is 22.5 Å². The third-order valence-electron chi connectivity index (χ3n) is 3.79. The maximum absolute atomic E-state index is 12.7. The standard InChI is InChI=1S/C15H22ClN3O/c1-4-17-13-8-7-12(16)14(18-13)15(20)19-9-10(2)5-6-11(19)3/h7-8,10-11H,4-6,9H2,1-3H3,(H,17,18). The number of aromatic nitrogens is 1. The predicted molar refractivity (Wildman–Crippen MR) is 82.3 cm³/mol. The monoisotopic (exact) mass is 295 g/mol. The largest absolute Gasteiger partial charge is 0.370 e. The third-order valence-corrected chi connectivity index (χ3v) is 4.09. The van der Waals surface area contributed by atoms with Crippen molar-refractivity contribution in [3.8, 4) is 0 Å². The fourth-order valence-corrected chi connectivity index (χ4v) is 2.77. The number of nitrogens with one attached hydrogen (secondary N) is 1. The molecule has 1 aromatic rings. The Morgan fingerprint density at radius 2 is 2.20 bits per heavy atom. The minimum absolute atomic E-state index is 0.0613. The number of amides is 1. The first-order valence-electron chi connectivity index (χ1n) is 7.24. The van der Waals surface area contributed by atoms with Gasteiger partial charge in [-0.1, -0.05) is 18.5 Å². The molecule has 1 aliphatic rings. The number of nitrogens with zero attached hydrogens (tertiary/aromatic N) is 2. The van der Waals surface area contributed by atoms with Crippen LogP contribution >= 0.6 is 11.6 Å². The Hall–Kier alpha value is -1.29. The molecule has 110 valence electrons. The summed E-state index contributed by atoms with van der Waals surface area (Å²) in [5.74, 6) is 1.16. The van der Waals surface area contributed by atoms with E-state index in [4.69, 9.17) is 11.6 Å². The summed E-state index contributed by atoms with van der Waals surface area (Å²) in [4.78, 5) is 18.9. The minimum Gasteiger partial charge on any atom is -0.370 e. The molecule has 1 fully saturated rings. The van der Waals surface area contributed by atoms with Gasteiger partial charge in [0, 0.05) is 19.1 Å². The van der Waals surface area contributed by atoms with Crippen molar-refractivity contribution in [3.05, 3.63) is 22.8 Å². The van der Waals surface area contributed by atoms with Crippen LogP contribution in [0.4, 0.5) is 5.82 Å². The van der Waals surface area contributed by atoms with Crippen molar-refractivity contribution in [1.82, 2.24) is 9.88 Å². The number of pyridine rings is 1. The Labute approximate surface area is 125 Å². The lowest BCUT2D eigenvalue weighted by atomic mass is 9.95. The molecule has 2 heterocycles. The highest BCUT2D eigenvalue weighted by Crippen LogP contribution is 2.25. The van der Waals surface area contributed by atoms with Crippen LogP contribution in [0.25, 0.3) is 0 Å². The molecule has 1 amide bonds. The highest BCUT2D eigenvalue weighted by molar-refractivity contribution is 6.33. The van der Waals surface area contributed by atoms with Crippen molar-refractivity contribution in [3.63, 3.8) is 0 Å². The Kier molecular flexibility index (Phi) is 4.86. The predicted octanol–water partition coefficient (Wildman–Crippen LogP) is 3.43. The first kappa shape index (κ1) is 15.1. The van der Waals surface area contributed by atoms with Gasteiger partial charge in [0.05, 0.1) is 5.02 Å². The second-order valence-electron chi connectivity index (χ2n) is 5.55. The zero-order chi connectivity index (χ0) is 14.7. The lowest BCUT2D eigenvalue weighted by Crippen LogP contribution is -2.45. The number of carbonyl (C=O) groups excluding carboxylic acids is 1. The lowest BCUT2D eigenvalue weighted by Gasteiger charge is -2.36. The number of anilines is 1. The van der Waals surface area contributed by atoms with E-state index in [1.807, 2.05) is 11.8 Å². The fraction of sp³-hybridized carbons (Fsp3) is 0.600. The van der Waals surface area contributed by atoms with Crippen LogP contribution in [0.3, 0.4) is 0 Å². The Morgan fingerprint density at radius 3 is 2.90 bits per heavy atom. The molecule has 0 aromatic carbocycles. The van der Waals surface area contributed by atoms with E-state index in [9.17, 15) is 4.79 Å². The van der Waals surface area contributed by atoms with E-state index >= 15 is 0 Å². The van der Waals surface area contributed by atoms with Gasteiger partial charge < -0.3 is 10.2 Å². The van der Waals surface area contributed by atoms with Gasteiger partial charge in [-0.25, -0.2) is 4.98 Å². The summed E-state index contributed by atoms with van der Waals surface area (Å²) in [6, 6.07) is 3.78. The molecule has 1 saturated heterocycles. The molecule has 0 spiro atoms. The van der Waals surface area contributed by atoms with Crippen molar-refractivity contribution < 1.29 is 4.79 Å². The van der Waals surface area contributed by atoms with Crippen LogP contribution in [0, 0.1) is 5.92 Å². The molecule has 20 heavy (non-hydrogen) atoms. The highest BCUT2D eigenvalue weighted by atomic mass is 35.5. The summed E-state index contributed by atoms with van der Waals surface area (Å²) in [5, 5.41) is 3.53. The third kappa shape index (κ3) is 3.23. The highest BCUT2D eigenvalue weighted by Gasteiger charge is 2.29.